The first-order valence-corrected chi connectivity index (χ1v) is 4.50. The number of halogens is 1. The van der Waals surface area contributed by atoms with Crippen molar-refractivity contribution in [3.05, 3.63) is 16.1 Å². The molecule has 0 aromatic carbocycles. The Labute approximate surface area is 73.9 Å². The van der Waals surface area contributed by atoms with Crippen LogP contribution in [-0.2, 0) is 13.1 Å². The Balaban J connectivity index is 2.52. The lowest BCUT2D eigenvalue weighted by molar-refractivity contribution is 0.506. The van der Waals surface area contributed by atoms with E-state index in [1.54, 1.807) is 0 Å². The third kappa shape index (κ3) is 1.10. The standard InChI is InChI=1S/C7H10BrN3/c1-5-10-7(8)6-4-9-2-3-11(5)6/h9H,2-4H2,1H3. The van der Waals surface area contributed by atoms with E-state index in [4.69, 9.17) is 0 Å². The molecule has 1 aromatic heterocycles. The van der Waals surface area contributed by atoms with Crippen LogP contribution in [0.25, 0.3) is 0 Å². The molecule has 0 amide bonds. The summed E-state index contributed by atoms with van der Waals surface area (Å²) in [7, 11) is 0. The van der Waals surface area contributed by atoms with Gasteiger partial charge in [-0.3, -0.25) is 0 Å². The highest BCUT2D eigenvalue weighted by Gasteiger charge is 2.14. The van der Waals surface area contributed by atoms with Crippen molar-refractivity contribution < 1.29 is 0 Å². The van der Waals surface area contributed by atoms with E-state index >= 15 is 0 Å². The molecule has 0 bridgehead atoms. The summed E-state index contributed by atoms with van der Waals surface area (Å²) in [6, 6.07) is 0. The Kier molecular flexibility index (Phi) is 1.73. The minimum Gasteiger partial charge on any atom is -0.329 e. The summed E-state index contributed by atoms with van der Waals surface area (Å²) in [6.45, 7) is 5.07. The molecule has 11 heavy (non-hydrogen) atoms. The zero-order valence-electron chi connectivity index (χ0n) is 6.39. The smallest absolute Gasteiger partial charge is 0.128 e. The van der Waals surface area contributed by atoms with Crippen LogP contribution in [0.4, 0.5) is 0 Å². The summed E-state index contributed by atoms with van der Waals surface area (Å²) in [5.74, 6) is 1.10. The average molecular weight is 216 g/mol. The van der Waals surface area contributed by atoms with Gasteiger partial charge in [-0.1, -0.05) is 0 Å². The molecule has 1 aliphatic heterocycles. The van der Waals surface area contributed by atoms with Crippen molar-refractivity contribution in [2.75, 3.05) is 6.54 Å². The largest absolute Gasteiger partial charge is 0.329 e. The minimum atomic E-state index is 0.932. The molecule has 0 unspecified atom stereocenters. The zero-order chi connectivity index (χ0) is 7.84. The van der Waals surface area contributed by atoms with Crippen LogP contribution >= 0.6 is 15.9 Å². The van der Waals surface area contributed by atoms with Gasteiger partial charge in [-0.2, -0.15) is 0 Å². The van der Waals surface area contributed by atoms with Crippen molar-refractivity contribution in [2.45, 2.75) is 20.0 Å². The van der Waals surface area contributed by atoms with Crippen LogP contribution in [0.2, 0.25) is 0 Å². The summed E-state index contributed by atoms with van der Waals surface area (Å²) < 4.78 is 3.24. The molecule has 0 radical (unpaired) electrons. The summed E-state index contributed by atoms with van der Waals surface area (Å²) >= 11 is 3.43. The molecule has 1 N–H and O–H groups in total. The number of hydrogen-bond acceptors (Lipinski definition) is 2. The SMILES string of the molecule is Cc1nc(Br)c2n1CCNC2. The number of nitrogens with zero attached hydrogens (tertiary/aromatic N) is 2. The van der Waals surface area contributed by atoms with Gasteiger partial charge >= 0.3 is 0 Å². The van der Waals surface area contributed by atoms with Crippen molar-refractivity contribution in [3.63, 3.8) is 0 Å². The second-order valence-electron chi connectivity index (χ2n) is 2.72. The molecule has 2 rings (SSSR count). The van der Waals surface area contributed by atoms with Gasteiger partial charge in [0.25, 0.3) is 0 Å². The van der Waals surface area contributed by atoms with Crippen LogP contribution in [0.3, 0.4) is 0 Å². The number of fused-ring (bicyclic) bond motifs is 1. The molecule has 0 spiro atoms. The number of aryl methyl sites for hydroxylation is 1. The molecular formula is C7H10BrN3. The topological polar surface area (TPSA) is 29.9 Å². The first kappa shape index (κ1) is 7.31. The Morgan fingerprint density at radius 2 is 2.45 bits per heavy atom. The van der Waals surface area contributed by atoms with Crippen molar-refractivity contribution in [3.8, 4) is 0 Å². The number of hydrogen-bond donors (Lipinski definition) is 1. The molecule has 1 aliphatic rings. The second kappa shape index (κ2) is 2.60. The lowest BCUT2D eigenvalue weighted by Gasteiger charge is -2.16. The van der Waals surface area contributed by atoms with Crippen molar-refractivity contribution in [1.82, 2.24) is 14.9 Å². The maximum Gasteiger partial charge on any atom is 0.128 e. The van der Waals surface area contributed by atoms with Crippen molar-refractivity contribution in [2.24, 2.45) is 0 Å². The Hall–Kier alpha value is -0.350. The minimum absolute atomic E-state index is 0.932. The Morgan fingerprint density at radius 1 is 1.64 bits per heavy atom. The van der Waals surface area contributed by atoms with Gasteiger partial charge in [-0.15, -0.1) is 0 Å². The van der Waals surface area contributed by atoms with Gasteiger partial charge < -0.3 is 9.88 Å². The van der Waals surface area contributed by atoms with Gasteiger partial charge in [0, 0.05) is 19.6 Å². The predicted molar refractivity (Wildman–Crippen MR) is 46.4 cm³/mol. The molecule has 1 aromatic rings. The summed E-state index contributed by atoms with van der Waals surface area (Å²) in [5, 5.41) is 3.30. The quantitative estimate of drug-likeness (QED) is 0.702. The third-order valence-corrected chi connectivity index (χ3v) is 2.65. The summed E-state index contributed by atoms with van der Waals surface area (Å²) in [6.07, 6.45) is 0. The number of nitrogens with one attached hydrogen (secondary N) is 1. The van der Waals surface area contributed by atoms with Gasteiger partial charge in [0.15, 0.2) is 0 Å². The van der Waals surface area contributed by atoms with Gasteiger partial charge in [0.2, 0.25) is 0 Å². The first-order chi connectivity index (χ1) is 5.29. The molecular weight excluding hydrogens is 206 g/mol. The van der Waals surface area contributed by atoms with Gasteiger partial charge in [0.1, 0.15) is 10.4 Å². The lowest BCUT2D eigenvalue weighted by atomic mass is 10.3. The number of imidazole rings is 1. The molecule has 60 valence electrons. The summed E-state index contributed by atoms with van der Waals surface area (Å²) in [4.78, 5) is 4.33. The first-order valence-electron chi connectivity index (χ1n) is 3.71. The molecule has 3 nitrogen and oxygen atoms in total. The van der Waals surface area contributed by atoms with Crippen LogP contribution in [0, 0.1) is 6.92 Å². The van der Waals surface area contributed by atoms with Crippen LogP contribution in [0.15, 0.2) is 4.60 Å². The predicted octanol–water partition coefficient (Wildman–Crippen LogP) is 1.06. The second-order valence-corrected chi connectivity index (χ2v) is 3.48. The molecule has 0 saturated carbocycles. The lowest BCUT2D eigenvalue weighted by Crippen LogP contribution is -2.28. The number of rotatable bonds is 0. The molecule has 0 saturated heterocycles. The molecule has 0 aliphatic carbocycles. The Bertz CT molecular complexity index is 253. The third-order valence-electron chi connectivity index (χ3n) is 2.02. The maximum atomic E-state index is 4.33. The van der Waals surface area contributed by atoms with Gasteiger partial charge in [-0.25, -0.2) is 4.98 Å². The monoisotopic (exact) mass is 215 g/mol. The van der Waals surface area contributed by atoms with Crippen molar-refractivity contribution >= 4 is 15.9 Å². The maximum absolute atomic E-state index is 4.33. The highest BCUT2D eigenvalue weighted by Crippen LogP contribution is 2.18. The van der Waals surface area contributed by atoms with E-state index < -0.39 is 0 Å². The van der Waals surface area contributed by atoms with Crippen LogP contribution in [0.5, 0.6) is 0 Å². The van der Waals surface area contributed by atoms with Gasteiger partial charge in [-0.05, 0) is 22.9 Å². The summed E-state index contributed by atoms with van der Waals surface area (Å²) in [5.41, 5.74) is 1.27. The normalized spacial score (nSPS) is 16.5. The van der Waals surface area contributed by atoms with Crippen molar-refractivity contribution in [1.29, 1.82) is 0 Å². The fraction of sp³-hybridized carbons (Fsp3) is 0.571. The van der Waals surface area contributed by atoms with E-state index in [1.165, 1.54) is 5.69 Å². The highest BCUT2D eigenvalue weighted by molar-refractivity contribution is 9.10. The van der Waals surface area contributed by atoms with Crippen LogP contribution in [-0.4, -0.2) is 16.1 Å². The molecule has 2 heterocycles. The molecule has 0 fully saturated rings. The highest BCUT2D eigenvalue weighted by atomic mass is 79.9. The Morgan fingerprint density at radius 3 is 3.18 bits per heavy atom. The number of aromatic nitrogens is 2. The van der Waals surface area contributed by atoms with Crippen LogP contribution in [0.1, 0.15) is 11.5 Å². The molecule has 0 atom stereocenters. The fourth-order valence-corrected chi connectivity index (χ4v) is 2.05. The van der Waals surface area contributed by atoms with Gasteiger partial charge in [0.05, 0.1) is 5.69 Å². The fourth-order valence-electron chi connectivity index (χ4n) is 1.44. The van der Waals surface area contributed by atoms with E-state index in [0.29, 0.717) is 0 Å². The average Bonchev–Trinajstić information content (AvgIpc) is 2.30. The van der Waals surface area contributed by atoms with E-state index in [1.807, 2.05) is 6.92 Å². The van der Waals surface area contributed by atoms with E-state index in [0.717, 1.165) is 30.1 Å². The van der Waals surface area contributed by atoms with E-state index in [9.17, 15) is 0 Å². The van der Waals surface area contributed by atoms with E-state index in [-0.39, 0.29) is 0 Å². The van der Waals surface area contributed by atoms with E-state index in [2.05, 4.69) is 30.8 Å². The molecule has 4 heteroatoms. The zero-order valence-corrected chi connectivity index (χ0v) is 7.98. The van der Waals surface area contributed by atoms with Crippen LogP contribution < -0.4 is 5.32 Å².